The molecule has 1 aliphatic rings. The van der Waals surface area contributed by atoms with Gasteiger partial charge >= 0.3 is 0 Å². The molecule has 0 spiro atoms. The normalized spacial score (nSPS) is 19.7. The van der Waals surface area contributed by atoms with Gasteiger partial charge in [-0.15, -0.1) is 24.0 Å². The molecule has 21 heavy (non-hydrogen) atoms. The summed E-state index contributed by atoms with van der Waals surface area (Å²) < 4.78 is 5.56. The number of hydrogen-bond acceptors (Lipinski definition) is 3. The first kappa shape index (κ1) is 20.9. The van der Waals surface area contributed by atoms with Crippen LogP contribution < -0.4 is 10.6 Å². The summed E-state index contributed by atoms with van der Waals surface area (Å²) in [5, 5.41) is 6.75. The molecular formula is C15H33IN4O. The summed E-state index contributed by atoms with van der Waals surface area (Å²) in [5.41, 5.74) is 0. The van der Waals surface area contributed by atoms with Gasteiger partial charge in [0.1, 0.15) is 0 Å². The highest BCUT2D eigenvalue weighted by Gasteiger charge is 2.19. The van der Waals surface area contributed by atoms with E-state index < -0.39 is 0 Å². The molecule has 1 saturated heterocycles. The van der Waals surface area contributed by atoms with Crippen LogP contribution in [0.2, 0.25) is 0 Å². The van der Waals surface area contributed by atoms with Crippen molar-refractivity contribution < 1.29 is 4.74 Å². The van der Waals surface area contributed by atoms with E-state index in [1.807, 2.05) is 7.05 Å². The summed E-state index contributed by atoms with van der Waals surface area (Å²) in [6.07, 6.45) is 2.29. The molecule has 1 fully saturated rings. The first-order chi connectivity index (χ1) is 9.61. The number of rotatable bonds is 8. The summed E-state index contributed by atoms with van der Waals surface area (Å²) in [4.78, 5) is 6.64. The van der Waals surface area contributed by atoms with Crippen molar-refractivity contribution in [1.82, 2.24) is 15.5 Å². The van der Waals surface area contributed by atoms with E-state index in [1.54, 1.807) is 0 Å². The van der Waals surface area contributed by atoms with Gasteiger partial charge in [-0.25, -0.2) is 0 Å². The Morgan fingerprint density at radius 1 is 1.38 bits per heavy atom. The van der Waals surface area contributed by atoms with Crippen LogP contribution in [0.15, 0.2) is 4.99 Å². The number of ether oxygens (including phenoxy) is 1. The molecule has 0 bridgehead atoms. The SMILES string of the molecule is CN=C(NCCCOCC(C)C)NCC1CCN(C)C1.I. The number of nitrogens with zero attached hydrogens (tertiary/aromatic N) is 2. The third kappa shape index (κ3) is 10.3. The minimum atomic E-state index is 0. The predicted octanol–water partition coefficient (Wildman–Crippen LogP) is 1.78. The highest BCUT2D eigenvalue weighted by Crippen LogP contribution is 2.12. The first-order valence-corrected chi connectivity index (χ1v) is 7.82. The minimum Gasteiger partial charge on any atom is -0.381 e. The second-order valence-corrected chi connectivity index (χ2v) is 6.12. The summed E-state index contributed by atoms with van der Waals surface area (Å²) in [5.74, 6) is 2.26. The van der Waals surface area contributed by atoms with Crippen LogP contribution in [0.4, 0.5) is 0 Å². The van der Waals surface area contributed by atoms with E-state index in [0.29, 0.717) is 5.92 Å². The maximum atomic E-state index is 5.56. The fourth-order valence-electron chi connectivity index (χ4n) is 2.35. The van der Waals surface area contributed by atoms with Gasteiger partial charge in [-0.05, 0) is 38.3 Å². The molecule has 1 unspecified atom stereocenters. The van der Waals surface area contributed by atoms with E-state index >= 15 is 0 Å². The van der Waals surface area contributed by atoms with Crippen molar-refractivity contribution in [1.29, 1.82) is 0 Å². The van der Waals surface area contributed by atoms with Crippen LogP contribution in [0.25, 0.3) is 0 Å². The second-order valence-electron chi connectivity index (χ2n) is 6.12. The van der Waals surface area contributed by atoms with E-state index in [0.717, 1.165) is 44.6 Å². The maximum absolute atomic E-state index is 5.56. The van der Waals surface area contributed by atoms with Crippen LogP contribution >= 0.6 is 24.0 Å². The molecule has 1 aliphatic heterocycles. The summed E-state index contributed by atoms with van der Waals surface area (Å²) in [6, 6.07) is 0. The Morgan fingerprint density at radius 3 is 2.71 bits per heavy atom. The fourth-order valence-corrected chi connectivity index (χ4v) is 2.35. The summed E-state index contributed by atoms with van der Waals surface area (Å²) in [6.45, 7) is 10.3. The molecular weight excluding hydrogens is 379 g/mol. The van der Waals surface area contributed by atoms with Crippen LogP contribution in [0.5, 0.6) is 0 Å². The molecule has 126 valence electrons. The smallest absolute Gasteiger partial charge is 0.190 e. The van der Waals surface area contributed by atoms with E-state index in [9.17, 15) is 0 Å². The molecule has 0 saturated carbocycles. The van der Waals surface area contributed by atoms with E-state index in [-0.39, 0.29) is 24.0 Å². The van der Waals surface area contributed by atoms with E-state index in [2.05, 4.69) is 41.4 Å². The fraction of sp³-hybridized carbons (Fsp3) is 0.933. The topological polar surface area (TPSA) is 48.9 Å². The number of hydrogen-bond donors (Lipinski definition) is 2. The van der Waals surface area contributed by atoms with E-state index in [1.165, 1.54) is 19.5 Å². The van der Waals surface area contributed by atoms with Crippen LogP contribution in [-0.4, -0.2) is 64.3 Å². The van der Waals surface area contributed by atoms with Crippen molar-refractivity contribution in [3.8, 4) is 0 Å². The third-order valence-corrected chi connectivity index (χ3v) is 3.48. The van der Waals surface area contributed by atoms with Crippen molar-refractivity contribution in [2.45, 2.75) is 26.7 Å². The molecule has 1 atom stereocenters. The molecule has 0 aromatic carbocycles. The minimum absolute atomic E-state index is 0. The number of guanidine groups is 1. The molecule has 1 rings (SSSR count). The number of aliphatic imine (C=N–C) groups is 1. The zero-order valence-corrected chi connectivity index (χ0v) is 16.4. The molecule has 0 aliphatic carbocycles. The molecule has 0 aromatic heterocycles. The van der Waals surface area contributed by atoms with E-state index in [4.69, 9.17) is 4.74 Å². The monoisotopic (exact) mass is 412 g/mol. The van der Waals surface area contributed by atoms with Crippen LogP contribution in [0.3, 0.4) is 0 Å². The van der Waals surface area contributed by atoms with Crippen LogP contribution in [0, 0.1) is 11.8 Å². The van der Waals surface area contributed by atoms with Gasteiger partial charge in [0.05, 0.1) is 0 Å². The van der Waals surface area contributed by atoms with Crippen molar-refractivity contribution in [2.24, 2.45) is 16.8 Å². The Labute approximate surface area is 147 Å². The van der Waals surface area contributed by atoms with Crippen molar-refractivity contribution in [3.63, 3.8) is 0 Å². The van der Waals surface area contributed by atoms with Crippen LogP contribution in [-0.2, 0) is 4.74 Å². The third-order valence-electron chi connectivity index (χ3n) is 3.48. The number of likely N-dealkylation sites (tertiary alicyclic amines) is 1. The lowest BCUT2D eigenvalue weighted by molar-refractivity contribution is 0.108. The quantitative estimate of drug-likeness (QED) is 0.276. The molecule has 1 heterocycles. The average Bonchev–Trinajstić information content (AvgIpc) is 2.82. The summed E-state index contributed by atoms with van der Waals surface area (Å²) in [7, 11) is 4.01. The number of nitrogens with one attached hydrogen (secondary N) is 2. The Bertz CT molecular complexity index is 287. The van der Waals surface area contributed by atoms with Gasteiger partial charge in [0.25, 0.3) is 0 Å². The largest absolute Gasteiger partial charge is 0.381 e. The van der Waals surface area contributed by atoms with Gasteiger partial charge in [-0.1, -0.05) is 13.8 Å². The highest BCUT2D eigenvalue weighted by molar-refractivity contribution is 14.0. The predicted molar refractivity (Wildman–Crippen MR) is 101 cm³/mol. The average molecular weight is 412 g/mol. The molecule has 2 N–H and O–H groups in total. The van der Waals surface area contributed by atoms with Crippen LogP contribution in [0.1, 0.15) is 26.7 Å². The Kier molecular flexibility index (Phi) is 12.4. The Hall–Kier alpha value is -0.0800. The molecule has 6 heteroatoms. The van der Waals surface area contributed by atoms with Gasteiger partial charge in [0.15, 0.2) is 5.96 Å². The van der Waals surface area contributed by atoms with Crippen molar-refractivity contribution in [2.75, 3.05) is 53.5 Å². The summed E-state index contributed by atoms with van der Waals surface area (Å²) >= 11 is 0. The molecule has 0 amide bonds. The molecule has 5 nitrogen and oxygen atoms in total. The lowest BCUT2D eigenvalue weighted by Gasteiger charge is -2.15. The standard InChI is InChI=1S/C15H32N4O.HI/c1-13(2)12-20-9-5-7-17-15(16-3)18-10-14-6-8-19(4)11-14;/h13-14H,5-12H2,1-4H3,(H2,16,17,18);1H. The molecule has 0 radical (unpaired) electrons. The van der Waals surface area contributed by atoms with Gasteiger partial charge in [-0.3, -0.25) is 4.99 Å². The molecule has 0 aromatic rings. The van der Waals surface area contributed by atoms with Gasteiger partial charge < -0.3 is 20.3 Å². The lowest BCUT2D eigenvalue weighted by atomic mass is 10.1. The van der Waals surface area contributed by atoms with Gasteiger partial charge in [0, 0.05) is 39.9 Å². The van der Waals surface area contributed by atoms with Gasteiger partial charge in [0.2, 0.25) is 0 Å². The van der Waals surface area contributed by atoms with Crippen molar-refractivity contribution >= 4 is 29.9 Å². The second kappa shape index (κ2) is 12.5. The van der Waals surface area contributed by atoms with Crippen molar-refractivity contribution in [3.05, 3.63) is 0 Å². The zero-order chi connectivity index (χ0) is 14.8. The first-order valence-electron chi connectivity index (χ1n) is 7.82. The maximum Gasteiger partial charge on any atom is 0.190 e. The lowest BCUT2D eigenvalue weighted by Crippen LogP contribution is -2.40. The number of halogens is 1. The Balaban J connectivity index is 0.00000400. The highest BCUT2D eigenvalue weighted by atomic mass is 127. The van der Waals surface area contributed by atoms with Gasteiger partial charge in [-0.2, -0.15) is 0 Å². The zero-order valence-electron chi connectivity index (χ0n) is 14.0. The Morgan fingerprint density at radius 2 is 2.14 bits per heavy atom.